The molecule has 0 amide bonds. The number of anilines is 1. The van der Waals surface area contributed by atoms with Crippen molar-refractivity contribution in [2.45, 2.75) is 4.90 Å². The molecule has 11 heteroatoms. The third-order valence-electron chi connectivity index (χ3n) is 1.87. The fourth-order valence-corrected chi connectivity index (χ4v) is 2.66. The van der Waals surface area contributed by atoms with E-state index in [0.717, 1.165) is 0 Å². The van der Waals surface area contributed by atoms with Gasteiger partial charge in [0.25, 0.3) is 0 Å². The highest BCUT2D eigenvalue weighted by Gasteiger charge is 2.25. The number of carbonyl (C=O) groups excluding carboxylic acids is 1. The monoisotopic (exact) mass is 315 g/mol. The lowest BCUT2D eigenvalue weighted by atomic mass is 10.2. The van der Waals surface area contributed by atoms with Crippen molar-refractivity contribution in [1.82, 2.24) is 0 Å². The fourth-order valence-electron chi connectivity index (χ4n) is 1.13. The summed E-state index contributed by atoms with van der Waals surface area (Å²) in [4.78, 5) is 9.89. The molecule has 0 atom stereocenters. The lowest BCUT2D eigenvalue weighted by Gasteiger charge is -2.17. The molecule has 0 saturated heterocycles. The quantitative estimate of drug-likeness (QED) is 0.643. The Hall–Kier alpha value is -1.10. The highest BCUT2D eigenvalue weighted by molar-refractivity contribution is 7.89. The standard InChI is InChI=1S/C7H6Cl2N2O6S/c8-4-2(7(12)13)1-3(18(10,16)17)5(9)6(4)11(14)15/h1,14-15H,(H,12,13)(H2,10,16,17)/p-1. The van der Waals surface area contributed by atoms with Gasteiger partial charge < -0.3 is 9.90 Å². The maximum absolute atomic E-state index is 11.2. The van der Waals surface area contributed by atoms with E-state index in [0.29, 0.717) is 6.07 Å². The molecule has 1 aromatic carbocycles. The van der Waals surface area contributed by atoms with Crippen LogP contribution in [0.2, 0.25) is 10.0 Å². The van der Waals surface area contributed by atoms with Crippen LogP contribution in [0.5, 0.6) is 0 Å². The number of carbonyl (C=O) groups is 1. The molecule has 1 rings (SSSR count). The molecule has 0 saturated carbocycles. The molecule has 0 aliphatic heterocycles. The highest BCUT2D eigenvalue weighted by atomic mass is 35.5. The van der Waals surface area contributed by atoms with E-state index >= 15 is 0 Å². The molecule has 8 nitrogen and oxygen atoms in total. The van der Waals surface area contributed by atoms with Crippen molar-refractivity contribution in [3.63, 3.8) is 0 Å². The van der Waals surface area contributed by atoms with Crippen molar-refractivity contribution in [3.05, 3.63) is 21.7 Å². The Morgan fingerprint density at radius 2 is 1.83 bits per heavy atom. The van der Waals surface area contributed by atoms with Gasteiger partial charge in [-0.25, -0.2) is 13.6 Å². The smallest absolute Gasteiger partial charge is 0.239 e. The summed E-state index contributed by atoms with van der Waals surface area (Å²) in [5, 5.41) is 31.2. The summed E-state index contributed by atoms with van der Waals surface area (Å²) < 4.78 is 22.3. The Morgan fingerprint density at radius 1 is 1.33 bits per heavy atom. The molecule has 0 radical (unpaired) electrons. The fraction of sp³-hybridized carbons (Fsp3) is 0. The average molecular weight is 316 g/mol. The number of primary sulfonamides is 1. The highest BCUT2D eigenvalue weighted by Crippen LogP contribution is 2.39. The molecule has 0 fully saturated rings. The van der Waals surface area contributed by atoms with Gasteiger partial charge in [0.05, 0.1) is 16.0 Å². The molecular formula is C7H5Cl2N2O6S-. The van der Waals surface area contributed by atoms with Crippen LogP contribution in [0.1, 0.15) is 10.4 Å². The first-order valence-electron chi connectivity index (χ1n) is 4.01. The Balaban J connectivity index is 3.84. The predicted molar refractivity (Wildman–Crippen MR) is 58.2 cm³/mol. The lowest BCUT2D eigenvalue weighted by molar-refractivity contribution is -0.255. The van der Waals surface area contributed by atoms with Gasteiger partial charge in [-0.3, -0.25) is 10.4 Å². The minimum Gasteiger partial charge on any atom is -0.545 e. The second-order valence-electron chi connectivity index (χ2n) is 3.02. The molecule has 0 aromatic heterocycles. The van der Waals surface area contributed by atoms with Crippen LogP contribution < -0.4 is 15.5 Å². The van der Waals surface area contributed by atoms with Crippen LogP contribution in [-0.2, 0) is 10.0 Å². The van der Waals surface area contributed by atoms with Crippen molar-refractivity contribution < 1.29 is 28.7 Å². The number of rotatable bonds is 3. The number of carboxylic acids is 1. The SMILES string of the molecule is NS(=O)(=O)c1cc(C(=O)[O-])c(Cl)c(N(O)O)c1Cl. The van der Waals surface area contributed by atoms with Crippen LogP contribution in [0, 0.1) is 0 Å². The third kappa shape index (κ3) is 2.66. The molecule has 100 valence electrons. The lowest BCUT2D eigenvalue weighted by Crippen LogP contribution is -2.25. The number of aromatic carboxylic acids is 1. The number of benzene rings is 1. The Kier molecular flexibility index (Phi) is 4.05. The first kappa shape index (κ1) is 15.0. The zero-order valence-electron chi connectivity index (χ0n) is 8.29. The van der Waals surface area contributed by atoms with Crippen LogP contribution in [0.4, 0.5) is 5.69 Å². The number of hydrogen-bond donors (Lipinski definition) is 3. The summed E-state index contributed by atoms with van der Waals surface area (Å²) in [5.41, 5.74) is -1.66. The maximum Gasteiger partial charge on any atom is 0.239 e. The summed E-state index contributed by atoms with van der Waals surface area (Å²) in [6, 6.07) is 0.558. The van der Waals surface area contributed by atoms with Gasteiger partial charge in [-0.15, -0.1) is 5.23 Å². The predicted octanol–water partition coefficient (Wildman–Crippen LogP) is -0.411. The number of carboxylic acid groups (broad SMARTS) is 1. The Morgan fingerprint density at radius 3 is 2.17 bits per heavy atom. The largest absolute Gasteiger partial charge is 0.545 e. The number of hydrogen-bond acceptors (Lipinski definition) is 7. The summed E-state index contributed by atoms with van der Waals surface area (Å²) in [6.07, 6.45) is 0. The molecule has 4 N–H and O–H groups in total. The van der Waals surface area contributed by atoms with E-state index in [2.05, 4.69) is 0 Å². The van der Waals surface area contributed by atoms with Gasteiger partial charge >= 0.3 is 0 Å². The Bertz CT molecular complexity index is 615. The number of nitrogens with zero attached hydrogens (tertiary/aromatic N) is 1. The topological polar surface area (TPSA) is 144 Å². The van der Waals surface area contributed by atoms with E-state index in [1.54, 1.807) is 0 Å². The maximum atomic E-state index is 11.2. The van der Waals surface area contributed by atoms with Gasteiger partial charge in [-0.1, -0.05) is 23.2 Å². The van der Waals surface area contributed by atoms with Crippen molar-refractivity contribution in [1.29, 1.82) is 0 Å². The average Bonchev–Trinajstić information content (AvgIpc) is 2.13. The first-order chi connectivity index (χ1) is 8.07. The van der Waals surface area contributed by atoms with Gasteiger partial charge in [0, 0.05) is 5.56 Å². The molecule has 0 spiro atoms. The molecule has 0 aliphatic carbocycles. The van der Waals surface area contributed by atoms with Gasteiger partial charge in [0.2, 0.25) is 10.0 Å². The van der Waals surface area contributed by atoms with Gasteiger partial charge in [-0.2, -0.15) is 0 Å². The number of sulfonamides is 1. The minimum absolute atomic E-state index is 0.558. The van der Waals surface area contributed by atoms with Crippen molar-refractivity contribution >= 4 is 44.9 Å². The molecule has 0 heterocycles. The van der Waals surface area contributed by atoms with Gasteiger partial charge in [0.15, 0.2) is 0 Å². The molecular weight excluding hydrogens is 311 g/mol. The third-order valence-corrected chi connectivity index (χ3v) is 3.68. The summed E-state index contributed by atoms with van der Waals surface area (Å²) in [7, 11) is -4.39. The van der Waals surface area contributed by atoms with Gasteiger partial charge in [0.1, 0.15) is 10.6 Å². The second kappa shape index (κ2) is 4.88. The zero-order chi connectivity index (χ0) is 14.2. The van der Waals surface area contributed by atoms with E-state index < -0.39 is 47.4 Å². The molecule has 1 aromatic rings. The number of nitrogens with two attached hydrogens (primary N) is 1. The second-order valence-corrected chi connectivity index (χ2v) is 5.31. The molecule has 0 aliphatic rings. The van der Waals surface area contributed by atoms with Crippen LogP contribution in [-0.4, -0.2) is 24.8 Å². The zero-order valence-corrected chi connectivity index (χ0v) is 10.6. The number of halogens is 2. The molecule has 0 bridgehead atoms. The van der Waals surface area contributed by atoms with E-state index in [1.165, 1.54) is 0 Å². The molecule has 0 unspecified atom stereocenters. The Labute approximate surface area is 111 Å². The van der Waals surface area contributed by atoms with Crippen LogP contribution in [0.15, 0.2) is 11.0 Å². The summed E-state index contributed by atoms with van der Waals surface area (Å²) in [5.74, 6) is -1.84. The van der Waals surface area contributed by atoms with E-state index in [4.69, 9.17) is 38.8 Å². The van der Waals surface area contributed by atoms with E-state index in [1.807, 2.05) is 0 Å². The van der Waals surface area contributed by atoms with Crippen LogP contribution in [0.3, 0.4) is 0 Å². The normalized spacial score (nSPS) is 11.4. The minimum atomic E-state index is -4.39. The van der Waals surface area contributed by atoms with Crippen molar-refractivity contribution in [2.24, 2.45) is 5.14 Å². The van der Waals surface area contributed by atoms with Gasteiger partial charge in [-0.05, 0) is 6.07 Å². The van der Waals surface area contributed by atoms with E-state index in [-0.39, 0.29) is 0 Å². The molecule has 18 heavy (non-hydrogen) atoms. The first-order valence-corrected chi connectivity index (χ1v) is 6.31. The summed E-state index contributed by atoms with van der Waals surface area (Å²) >= 11 is 11.1. The summed E-state index contributed by atoms with van der Waals surface area (Å²) in [6.45, 7) is 0. The van der Waals surface area contributed by atoms with Crippen molar-refractivity contribution in [2.75, 3.05) is 5.23 Å². The van der Waals surface area contributed by atoms with Crippen LogP contribution >= 0.6 is 23.2 Å². The van der Waals surface area contributed by atoms with E-state index in [9.17, 15) is 18.3 Å². The van der Waals surface area contributed by atoms with Crippen LogP contribution in [0.25, 0.3) is 0 Å². The van der Waals surface area contributed by atoms with Crippen molar-refractivity contribution in [3.8, 4) is 0 Å².